The maximum atomic E-state index is 6.23. The molecule has 1 unspecified atom stereocenters. The van der Waals surface area contributed by atoms with Crippen LogP contribution in [-0.4, -0.2) is 24.1 Å². The van der Waals surface area contributed by atoms with Gasteiger partial charge in [0.05, 0.1) is 5.02 Å². The first kappa shape index (κ1) is 13.1. The summed E-state index contributed by atoms with van der Waals surface area (Å²) in [5.41, 5.74) is 6.22. The van der Waals surface area contributed by atoms with E-state index in [2.05, 4.69) is 39.7 Å². The smallest absolute Gasteiger partial charge is 0.147 e. The standard InChI is InChI=1S/C12H17BrClN3/c1-12(2)7-17(4-3-10(12)15)11-9(14)5-8(13)6-16-11/h5-6,10H,3-4,7,15H2,1-2H3. The number of halogens is 2. The molecule has 0 aromatic carbocycles. The summed E-state index contributed by atoms with van der Waals surface area (Å²) in [7, 11) is 0. The average Bonchev–Trinajstić information content (AvgIpc) is 2.22. The minimum absolute atomic E-state index is 0.0936. The molecule has 17 heavy (non-hydrogen) atoms. The molecule has 0 bridgehead atoms. The van der Waals surface area contributed by atoms with Crippen LogP contribution in [0.25, 0.3) is 0 Å². The number of piperidine rings is 1. The highest BCUT2D eigenvalue weighted by Gasteiger charge is 2.34. The monoisotopic (exact) mass is 317 g/mol. The number of pyridine rings is 1. The van der Waals surface area contributed by atoms with Crippen molar-refractivity contribution in [3.63, 3.8) is 0 Å². The van der Waals surface area contributed by atoms with Crippen molar-refractivity contribution in [1.29, 1.82) is 0 Å². The molecule has 1 aliphatic heterocycles. The highest BCUT2D eigenvalue weighted by Crippen LogP contribution is 2.33. The quantitative estimate of drug-likeness (QED) is 0.865. The fourth-order valence-electron chi connectivity index (χ4n) is 2.19. The maximum absolute atomic E-state index is 6.23. The van der Waals surface area contributed by atoms with E-state index in [1.54, 1.807) is 6.20 Å². The zero-order valence-electron chi connectivity index (χ0n) is 10.1. The second-order valence-electron chi connectivity index (χ2n) is 5.26. The zero-order valence-corrected chi connectivity index (χ0v) is 12.4. The van der Waals surface area contributed by atoms with Crippen molar-refractivity contribution >= 4 is 33.3 Å². The number of rotatable bonds is 1. The Balaban J connectivity index is 2.24. The van der Waals surface area contributed by atoms with Crippen LogP contribution in [0.1, 0.15) is 20.3 Å². The van der Waals surface area contributed by atoms with Crippen molar-refractivity contribution in [3.05, 3.63) is 21.8 Å². The number of aromatic nitrogens is 1. The molecule has 0 radical (unpaired) electrons. The molecular formula is C12H17BrClN3. The second-order valence-corrected chi connectivity index (χ2v) is 6.59. The van der Waals surface area contributed by atoms with Gasteiger partial charge in [0.15, 0.2) is 0 Å². The van der Waals surface area contributed by atoms with Crippen LogP contribution in [0.2, 0.25) is 5.02 Å². The summed E-state index contributed by atoms with van der Waals surface area (Å²) in [6.45, 7) is 6.19. The van der Waals surface area contributed by atoms with Crippen LogP contribution >= 0.6 is 27.5 Å². The molecule has 0 amide bonds. The van der Waals surface area contributed by atoms with Gasteiger partial charge in [-0.05, 0) is 33.8 Å². The van der Waals surface area contributed by atoms with E-state index in [1.807, 2.05) is 6.07 Å². The Kier molecular flexibility index (Phi) is 3.66. The molecule has 2 rings (SSSR count). The zero-order chi connectivity index (χ0) is 12.6. The molecule has 0 spiro atoms. The number of nitrogens with two attached hydrogens (primary N) is 1. The van der Waals surface area contributed by atoms with Gasteiger partial charge >= 0.3 is 0 Å². The van der Waals surface area contributed by atoms with Gasteiger partial charge < -0.3 is 10.6 Å². The lowest BCUT2D eigenvalue weighted by molar-refractivity contribution is 0.244. The summed E-state index contributed by atoms with van der Waals surface area (Å²) < 4.78 is 0.902. The largest absolute Gasteiger partial charge is 0.355 e. The lowest BCUT2D eigenvalue weighted by Gasteiger charge is -2.43. The molecular weight excluding hydrogens is 302 g/mol. The average molecular weight is 319 g/mol. The summed E-state index contributed by atoms with van der Waals surface area (Å²) >= 11 is 9.59. The summed E-state index contributed by atoms with van der Waals surface area (Å²) in [5.74, 6) is 0.856. The first-order valence-electron chi connectivity index (χ1n) is 5.72. The highest BCUT2D eigenvalue weighted by atomic mass is 79.9. The molecule has 3 nitrogen and oxygen atoms in total. The Bertz CT molecular complexity index is 422. The van der Waals surface area contributed by atoms with Crippen LogP contribution < -0.4 is 10.6 Å². The lowest BCUT2D eigenvalue weighted by atomic mass is 9.80. The van der Waals surface area contributed by atoms with Gasteiger partial charge in [-0.15, -0.1) is 0 Å². The minimum atomic E-state index is 0.0936. The Labute approximate surface area is 115 Å². The molecule has 0 aliphatic carbocycles. The lowest BCUT2D eigenvalue weighted by Crippen LogP contribution is -2.52. The van der Waals surface area contributed by atoms with Crippen molar-refractivity contribution in [2.45, 2.75) is 26.3 Å². The molecule has 94 valence electrons. The van der Waals surface area contributed by atoms with Crippen LogP contribution in [0.15, 0.2) is 16.7 Å². The van der Waals surface area contributed by atoms with E-state index in [4.69, 9.17) is 17.3 Å². The molecule has 1 aromatic heterocycles. The van der Waals surface area contributed by atoms with Crippen LogP contribution in [0.3, 0.4) is 0 Å². The Morgan fingerprint density at radius 3 is 2.88 bits per heavy atom. The third-order valence-corrected chi connectivity index (χ3v) is 4.11. The van der Waals surface area contributed by atoms with E-state index in [0.717, 1.165) is 29.8 Å². The first-order valence-corrected chi connectivity index (χ1v) is 6.89. The van der Waals surface area contributed by atoms with Crippen LogP contribution in [0.5, 0.6) is 0 Å². The van der Waals surface area contributed by atoms with Gasteiger partial charge in [0.25, 0.3) is 0 Å². The van der Waals surface area contributed by atoms with Gasteiger partial charge in [-0.2, -0.15) is 0 Å². The minimum Gasteiger partial charge on any atom is -0.355 e. The Hall–Kier alpha value is -0.320. The van der Waals surface area contributed by atoms with Gasteiger partial charge in [0.1, 0.15) is 5.82 Å². The van der Waals surface area contributed by atoms with Crippen molar-refractivity contribution in [2.75, 3.05) is 18.0 Å². The molecule has 1 saturated heterocycles. The summed E-state index contributed by atoms with van der Waals surface area (Å²) in [6, 6.07) is 2.12. The van der Waals surface area contributed by atoms with Crippen molar-refractivity contribution in [3.8, 4) is 0 Å². The number of anilines is 1. The Morgan fingerprint density at radius 1 is 1.59 bits per heavy atom. The predicted octanol–water partition coefficient (Wildman–Crippen LogP) is 3.06. The van der Waals surface area contributed by atoms with E-state index in [9.17, 15) is 0 Å². The van der Waals surface area contributed by atoms with Gasteiger partial charge in [-0.3, -0.25) is 0 Å². The normalized spacial score (nSPS) is 23.8. The number of hydrogen-bond donors (Lipinski definition) is 1. The molecule has 5 heteroatoms. The first-order chi connectivity index (χ1) is 7.90. The van der Waals surface area contributed by atoms with Crippen molar-refractivity contribution in [1.82, 2.24) is 4.98 Å². The summed E-state index contributed by atoms with van der Waals surface area (Å²) in [6.07, 6.45) is 2.75. The van der Waals surface area contributed by atoms with Gasteiger partial charge in [-0.25, -0.2) is 4.98 Å². The SMILES string of the molecule is CC1(C)CN(c2ncc(Br)cc2Cl)CCC1N. The number of hydrogen-bond acceptors (Lipinski definition) is 3. The third kappa shape index (κ3) is 2.75. The fraction of sp³-hybridized carbons (Fsp3) is 0.583. The third-order valence-electron chi connectivity index (χ3n) is 3.40. The molecule has 2 heterocycles. The van der Waals surface area contributed by atoms with Gasteiger partial charge in [0.2, 0.25) is 0 Å². The van der Waals surface area contributed by atoms with Crippen molar-refractivity contribution < 1.29 is 0 Å². The predicted molar refractivity (Wildman–Crippen MR) is 75.5 cm³/mol. The van der Waals surface area contributed by atoms with E-state index in [1.165, 1.54) is 0 Å². The maximum Gasteiger partial charge on any atom is 0.147 e. The Morgan fingerprint density at radius 2 is 2.29 bits per heavy atom. The van der Waals surface area contributed by atoms with E-state index in [-0.39, 0.29) is 11.5 Å². The van der Waals surface area contributed by atoms with Crippen LogP contribution in [-0.2, 0) is 0 Å². The molecule has 2 N–H and O–H groups in total. The van der Waals surface area contributed by atoms with Gasteiger partial charge in [0, 0.05) is 29.8 Å². The molecule has 1 aliphatic rings. The molecule has 1 aromatic rings. The number of nitrogens with zero attached hydrogens (tertiary/aromatic N) is 2. The topological polar surface area (TPSA) is 42.2 Å². The fourth-order valence-corrected chi connectivity index (χ4v) is 2.94. The molecule has 0 saturated carbocycles. The highest BCUT2D eigenvalue weighted by molar-refractivity contribution is 9.10. The van der Waals surface area contributed by atoms with Gasteiger partial charge in [-0.1, -0.05) is 25.4 Å². The van der Waals surface area contributed by atoms with E-state index in [0.29, 0.717) is 5.02 Å². The molecule has 1 fully saturated rings. The molecule has 1 atom stereocenters. The van der Waals surface area contributed by atoms with Crippen molar-refractivity contribution in [2.24, 2.45) is 11.1 Å². The summed E-state index contributed by atoms with van der Waals surface area (Å²) in [5, 5.41) is 0.686. The van der Waals surface area contributed by atoms with E-state index >= 15 is 0 Å². The van der Waals surface area contributed by atoms with Crippen LogP contribution in [0.4, 0.5) is 5.82 Å². The second kappa shape index (κ2) is 4.75. The van der Waals surface area contributed by atoms with E-state index < -0.39 is 0 Å². The van der Waals surface area contributed by atoms with Crippen LogP contribution in [0, 0.1) is 5.41 Å². The summed E-state index contributed by atoms with van der Waals surface area (Å²) in [4.78, 5) is 6.62.